The Morgan fingerprint density at radius 1 is 1.54 bits per heavy atom. The minimum Gasteiger partial charge on any atom is -0.382 e. The molecule has 13 heavy (non-hydrogen) atoms. The van der Waals surface area contributed by atoms with Gasteiger partial charge in [0.25, 0.3) is 0 Å². The molecule has 1 heterocycles. The average Bonchev–Trinajstić information content (AvgIpc) is 2.15. The van der Waals surface area contributed by atoms with Gasteiger partial charge in [-0.2, -0.15) is 0 Å². The summed E-state index contributed by atoms with van der Waals surface area (Å²) in [5.41, 5.74) is 0. The molecule has 0 amide bonds. The van der Waals surface area contributed by atoms with E-state index in [9.17, 15) is 0 Å². The van der Waals surface area contributed by atoms with Crippen LogP contribution in [0.5, 0.6) is 0 Å². The smallest absolute Gasteiger partial charge is 0.0504 e. The number of rotatable bonds is 5. The van der Waals surface area contributed by atoms with Crippen LogP contribution in [0.2, 0.25) is 0 Å². The largest absolute Gasteiger partial charge is 0.382 e. The summed E-state index contributed by atoms with van der Waals surface area (Å²) in [6.45, 7) is 5.60. The van der Waals surface area contributed by atoms with E-state index in [4.69, 9.17) is 9.47 Å². The molecule has 0 radical (unpaired) electrons. The van der Waals surface area contributed by atoms with E-state index in [2.05, 4.69) is 15.9 Å². The van der Waals surface area contributed by atoms with E-state index in [1.54, 1.807) is 0 Å². The molecule has 0 aromatic rings. The molecule has 2 unspecified atom stereocenters. The van der Waals surface area contributed by atoms with Crippen molar-refractivity contribution in [3.63, 3.8) is 0 Å². The van der Waals surface area contributed by atoms with E-state index in [0.717, 1.165) is 39.3 Å². The van der Waals surface area contributed by atoms with Crippen LogP contribution in [0.25, 0.3) is 0 Å². The van der Waals surface area contributed by atoms with Crippen LogP contribution in [0.1, 0.15) is 26.2 Å². The monoisotopic (exact) mass is 250 g/mol. The fourth-order valence-corrected chi connectivity index (χ4v) is 2.23. The SMILES string of the molecule is CCOCCCC1COCCC1Br. The molecule has 1 aliphatic rings. The molecule has 0 aromatic heterocycles. The molecular weight excluding hydrogens is 232 g/mol. The molecule has 2 nitrogen and oxygen atoms in total. The van der Waals surface area contributed by atoms with Crippen molar-refractivity contribution in [1.82, 2.24) is 0 Å². The predicted molar refractivity (Wildman–Crippen MR) is 57.4 cm³/mol. The lowest BCUT2D eigenvalue weighted by molar-refractivity contribution is 0.0515. The van der Waals surface area contributed by atoms with Gasteiger partial charge < -0.3 is 9.47 Å². The third-order valence-corrected chi connectivity index (χ3v) is 3.65. The summed E-state index contributed by atoms with van der Waals surface area (Å²) in [6.07, 6.45) is 3.53. The summed E-state index contributed by atoms with van der Waals surface area (Å²) >= 11 is 3.70. The fraction of sp³-hybridized carbons (Fsp3) is 1.00. The molecular formula is C10H19BrO2. The molecule has 0 saturated carbocycles. The molecule has 1 rings (SSSR count). The van der Waals surface area contributed by atoms with Crippen molar-refractivity contribution in [2.75, 3.05) is 26.4 Å². The van der Waals surface area contributed by atoms with Crippen LogP contribution in [0.3, 0.4) is 0 Å². The predicted octanol–water partition coefficient (Wildman–Crippen LogP) is 2.60. The maximum Gasteiger partial charge on any atom is 0.0504 e. The molecule has 1 fully saturated rings. The highest BCUT2D eigenvalue weighted by Crippen LogP contribution is 2.25. The highest BCUT2D eigenvalue weighted by Gasteiger charge is 2.22. The van der Waals surface area contributed by atoms with Gasteiger partial charge in [-0.15, -0.1) is 0 Å². The van der Waals surface area contributed by atoms with Crippen LogP contribution in [0.15, 0.2) is 0 Å². The van der Waals surface area contributed by atoms with Gasteiger partial charge in [0.1, 0.15) is 0 Å². The molecule has 1 saturated heterocycles. The lowest BCUT2D eigenvalue weighted by Gasteiger charge is -2.27. The molecule has 0 spiro atoms. The summed E-state index contributed by atoms with van der Waals surface area (Å²) in [5.74, 6) is 0.689. The summed E-state index contributed by atoms with van der Waals surface area (Å²) in [5, 5.41) is 0. The van der Waals surface area contributed by atoms with Crippen LogP contribution in [0, 0.1) is 5.92 Å². The van der Waals surface area contributed by atoms with E-state index < -0.39 is 0 Å². The normalized spacial score (nSPS) is 29.1. The van der Waals surface area contributed by atoms with Crippen molar-refractivity contribution in [3.05, 3.63) is 0 Å². The highest BCUT2D eigenvalue weighted by atomic mass is 79.9. The zero-order chi connectivity index (χ0) is 9.52. The quantitative estimate of drug-likeness (QED) is 0.552. The maximum absolute atomic E-state index is 5.44. The number of alkyl halides is 1. The second-order valence-electron chi connectivity index (χ2n) is 3.48. The third-order valence-electron chi connectivity index (χ3n) is 2.45. The molecule has 0 bridgehead atoms. The zero-order valence-electron chi connectivity index (χ0n) is 8.30. The molecule has 0 aliphatic carbocycles. The van der Waals surface area contributed by atoms with Gasteiger partial charge in [0.15, 0.2) is 0 Å². The lowest BCUT2D eigenvalue weighted by atomic mass is 9.97. The number of ether oxygens (including phenoxy) is 2. The Hall–Kier alpha value is 0.400. The van der Waals surface area contributed by atoms with Crippen LogP contribution >= 0.6 is 15.9 Å². The van der Waals surface area contributed by atoms with Crippen molar-refractivity contribution in [2.24, 2.45) is 5.92 Å². The van der Waals surface area contributed by atoms with E-state index >= 15 is 0 Å². The van der Waals surface area contributed by atoms with Gasteiger partial charge in [0, 0.05) is 24.6 Å². The summed E-state index contributed by atoms with van der Waals surface area (Å²) in [6, 6.07) is 0. The highest BCUT2D eigenvalue weighted by molar-refractivity contribution is 9.09. The Bertz CT molecular complexity index is 130. The van der Waals surface area contributed by atoms with E-state index in [1.807, 2.05) is 6.92 Å². The first kappa shape index (κ1) is 11.5. The van der Waals surface area contributed by atoms with Crippen molar-refractivity contribution < 1.29 is 9.47 Å². The van der Waals surface area contributed by atoms with Crippen LogP contribution < -0.4 is 0 Å². The first-order chi connectivity index (χ1) is 6.34. The van der Waals surface area contributed by atoms with Gasteiger partial charge in [-0.25, -0.2) is 0 Å². The van der Waals surface area contributed by atoms with Crippen molar-refractivity contribution in [1.29, 1.82) is 0 Å². The van der Waals surface area contributed by atoms with Crippen LogP contribution in [-0.4, -0.2) is 31.3 Å². The summed E-state index contributed by atoms with van der Waals surface area (Å²) in [7, 11) is 0. The van der Waals surface area contributed by atoms with Crippen molar-refractivity contribution in [2.45, 2.75) is 31.0 Å². The fourth-order valence-electron chi connectivity index (χ4n) is 1.63. The van der Waals surface area contributed by atoms with Gasteiger partial charge in [-0.3, -0.25) is 0 Å². The average molecular weight is 251 g/mol. The molecule has 0 aromatic carbocycles. The van der Waals surface area contributed by atoms with Gasteiger partial charge in [-0.1, -0.05) is 15.9 Å². The number of halogens is 1. The Balaban J connectivity index is 2.05. The summed E-state index contributed by atoms with van der Waals surface area (Å²) < 4.78 is 10.7. The minimum absolute atomic E-state index is 0.655. The number of hydrogen-bond acceptors (Lipinski definition) is 2. The maximum atomic E-state index is 5.44. The third kappa shape index (κ3) is 4.43. The molecule has 2 atom stereocenters. The molecule has 3 heteroatoms. The van der Waals surface area contributed by atoms with Gasteiger partial charge >= 0.3 is 0 Å². The number of hydrogen-bond donors (Lipinski definition) is 0. The molecule has 1 aliphatic heterocycles. The summed E-state index contributed by atoms with van der Waals surface area (Å²) in [4.78, 5) is 0.655. The first-order valence-electron chi connectivity index (χ1n) is 5.14. The van der Waals surface area contributed by atoms with Gasteiger partial charge in [0.05, 0.1) is 6.61 Å². The Morgan fingerprint density at radius 2 is 2.38 bits per heavy atom. The lowest BCUT2D eigenvalue weighted by Crippen LogP contribution is -2.27. The molecule has 0 N–H and O–H groups in total. The second-order valence-corrected chi connectivity index (χ2v) is 4.65. The van der Waals surface area contributed by atoms with Gasteiger partial charge in [0.2, 0.25) is 0 Å². The van der Waals surface area contributed by atoms with Crippen molar-refractivity contribution in [3.8, 4) is 0 Å². The van der Waals surface area contributed by atoms with Crippen molar-refractivity contribution >= 4 is 15.9 Å². The Labute approximate surface area is 89.1 Å². The first-order valence-corrected chi connectivity index (χ1v) is 6.05. The standard InChI is InChI=1S/C10H19BrO2/c1-2-12-6-3-4-9-8-13-7-5-10(9)11/h9-10H,2-8H2,1H3. The van der Waals surface area contributed by atoms with Gasteiger partial charge in [-0.05, 0) is 32.1 Å². The Morgan fingerprint density at radius 3 is 3.08 bits per heavy atom. The Kier molecular flexibility index (Phi) is 6.00. The van der Waals surface area contributed by atoms with Crippen LogP contribution in [-0.2, 0) is 9.47 Å². The van der Waals surface area contributed by atoms with E-state index in [1.165, 1.54) is 6.42 Å². The molecule has 78 valence electrons. The minimum atomic E-state index is 0.655. The zero-order valence-corrected chi connectivity index (χ0v) is 9.88. The van der Waals surface area contributed by atoms with E-state index in [-0.39, 0.29) is 0 Å². The topological polar surface area (TPSA) is 18.5 Å². The van der Waals surface area contributed by atoms with Crippen LogP contribution in [0.4, 0.5) is 0 Å². The second kappa shape index (κ2) is 6.80. The van der Waals surface area contributed by atoms with E-state index in [0.29, 0.717) is 10.7 Å².